The summed E-state index contributed by atoms with van der Waals surface area (Å²) in [5, 5.41) is 15.3. The van der Waals surface area contributed by atoms with E-state index in [4.69, 9.17) is 0 Å². The summed E-state index contributed by atoms with van der Waals surface area (Å²) in [6.07, 6.45) is 2.19. The Bertz CT molecular complexity index is 937. The zero-order chi connectivity index (χ0) is 22.5. The van der Waals surface area contributed by atoms with E-state index in [0.717, 1.165) is 17.8 Å². The van der Waals surface area contributed by atoms with Gasteiger partial charge in [0, 0.05) is 36.2 Å². The molecular weight excluding hydrogens is 414 g/mol. The van der Waals surface area contributed by atoms with E-state index >= 15 is 0 Å². The molecule has 1 aliphatic rings. The van der Waals surface area contributed by atoms with Gasteiger partial charge < -0.3 is 10.2 Å². The van der Waals surface area contributed by atoms with Crippen LogP contribution in [-0.2, 0) is 9.59 Å². The van der Waals surface area contributed by atoms with Gasteiger partial charge in [0.25, 0.3) is 5.91 Å². The van der Waals surface area contributed by atoms with Crippen molar-refractivity contribution in [2.45, 2.75) is 58.9 Å². The summed E-state index contributed by atoms with van der Waals surface area (Å²) < 4.78 is 0. The summed E-state index contributed by atoms with van der Waals surface area (Å²) in [6, 6.07) is 6.74. The van der Waals surface area contributed by atoms with Crippen LogP contribution in [0.4, 0.5) is 10.8 Å². The number of carbonyl (C=O) groups excluding carboxylic acids is 3. The molecule has 2 heterocycles. The second-order valence-electron chi connectivity index (χ2n) is 8.02. The SMILES string of the molecule is CCC(CC)c1nnc(NC(=O)c2ccc(NC(=O)C3CC(=O)N(C(C)C)C3)cc2)s1. The lowest BCUT2D eigenvalue weighted by Crippen LogP contribution is -2.33. The molecule has 1 atom stereocenters. The Kier molecular flexibility index (Phi) is 7.37. The molecule has 1 aromatic carbocycles. The minimum absolute atomic E-state index is 0.00574. The van der Waals surface area contributed by atoms with Crippen molar-refractivity contribution in [3.63, 3.8) is 0 Å². The van der Waals surface area contributed by atoms with Gasteiger partial charge >= 0.3 is 0 Å². The lowest BCUT2D eigenvalue weighted by molar-refractivity contribution is -0.129. The van der Waals surface area contributed by atoms with Crippen LogP contribution in [0.25, 0.3) is 0 Å². The molecule has 3 rings (SSSR count). The minimum Gasteiger partial charge on any atom is -0.339 e. The van der Waals surface area contributed by atoms with Gasteiger partial charge in [0.2, 0.25) is 16.9 Å². The van der Waals surface area contributed by atoms with E-state index in [9.17, 15) is 14.4 Å². The summed E-state index contributed by atoms with van der Waals surface area (Å²) in [5.74, 6) is -0.463. The zero-order valence-electron chi connectivity index (χ0n) is 18.3. The normalized spacial score (nSPS) is 16.3. The molecule has 3 amide bonds. The first kappa shape index (κ1) is 22.9. The number of amides is 3. The molecule has 0 saturated carbocycles. The average molecular weight is 444 g/mol. The fourth-order valence-electron chi connectivity index (χ4n) is 3.61. The Hall–Kier alpha value is -2.81. The van der Waals surface area contributed by atoms with Gasteiger partial charge in [0.05, 0.1) is 5.92 Å². The maximum Gasteiger partial charge on any atom is 0.257 e. The van der Waals surface area contributed by atoms with E-state index in [0.29, 0.717) is 28.8 Å². The summed E-state index contributed by atoms with van der Waals surface area (Å²) in [7, 11) is 0. The van der Waals surface area contributed by atoms with Crippen molar-refractivity contribution < 1.29 is 14.4 Å². The molecule has 8 nitrogen and oxygen atoms in total. The first-order valence-electron chi connectivity index (χ1n) is 10.7. The van der Waals surface area contributed by atoms with Crippen molar-refractivity contribution in [2.75, 3.05) is 17.2 Å². The van der Waals surface area contributed by atoms with Gasteiger partial charge in [0.15, 0.2) is 0 Å². The van der Waals surface area contributed by atoms with Crippen LogP contribution in [-0.4, -0.2) is 45.4 Å². The number of anilines is 2. The van der Waals surface area contributed by atoms with Crippen LogP contribution in [0.2, 0.25) is 0 Å². The average Bonchev–Trinajstić information content (AvgIpc) is 3.36. The summed E-state index contributed by atoms with van der Waals surface area (Å²) >= 11 is 1.40. The summed E-state index contributed by atoms with van der Waals surface area (Å²) in [6.45, 7) is 8.54. The molecule has 0 aliphatic carbocycles. The van der Waals surface area contributed by atoms with Gasteiger partial charge in [-0.05, 0) is 51.0 Å². The van der Waals surface area contributed by atoms with Gasteiger partial charge in [0.1, 0.15) is 5.01 Å². The maximum atomic E-state index is 12.5. The Balaban J connectivity index is 1.57. The van der Waals surface area contributed by atoms with E-state index in [1.54, 1.807) is 29.2 Å². The monoisotopic (exact) mass is 443 g/mol. The molecule has 2 aromatic rings. The van der Waals surface area contributed by atoms with Crippen LogP contribution in [0.15, 0.2) is 24.3 Å². The van der Waals surface area contributed by atoms with Gasteiger partial charge in [-0.2, -0.15) is 0 Å². The van der Waals surface area contributed by atoms with Crippen LogP contribution in [0, 0.1) is 5.92 Å². The number of benzene rings is 1. The predicted molar refractivity (Wildman–Crippen MR) is 121 cm³/mol. The highest BCUT2D eigenvalue weighted by atomic mass is 32.1. The third-order valence-corrected chi connectivity index (χ3v) is 6.56. The number of nitrogens with zero attached hydrogens (tertiary/aromatic N) is 3. The van der Waals surface area contributed by atoms with Crippen LogP contribution < -0.4 is 10.6 Å². The third-order valence-electron chi connectivity index (χ3n) is 5.56. The number of carbonyl (C=O) groups is 3. The van der Waals surface area contributed by atoms with Gasteiger partial charge in [-0.25, -0.2) is 0 Å². The first-order chi connectivity index (χ1) is 14.8. The second kappa shape index (κ2) is 10.00. The topological polar surface area (TPSA) is 104 Å². The van der Waals surface area contributed by atoms with Crippen molar-refractivity contribution in [1.29, 1.82) is 0 Å². The van der Waals surface area contributed by atoms with Crippen LogP contribution in [0.5, 0.6) is 0 Å². The van der Waals surface area contributed by atoms with Crippen molar-refractivity contribution in [2.24, 2.45) is 5.92 Å². The fraction of sp³-hybridized carbons (Fsp3) is 0.500. The highest BCUT2D eigenvalue weighted by Crippen LogP contribution is 2.28. The van der Waals surface area contributed by atoms with Gasteiger partial charge in [-0.3, -0.25) is 19.7 Å². The second-order valence-corrected chi connectivity index (χ2v) is 9.03. The van der Waals surface area contributed by atoms with Crippen molar-refractivity contribution >= 4 is 39.9 Å². The molecule has 166 valence electrons. The van der Waals surface area contributed by atoms with E-state index in [1.165, 1.54) is 11.3 Å². The predicted octanol–water partition coefficient (Wildman–Crippen LogP) is 3.89. The fourth-order valence-corrected chi connectivity index (χ4v) is 4.62. The smallest absolute Gasteiger partial charge is 0.257 e. The van der Waals surface area contributed by atoms with Crippen LogP contribution in [0.1, 0.15) is 68.2 Å². The maximum absolute atomic E-state index is 12.5. The lowest BCUT2D eigenvalue weighted by Gasteiger charge is -2.20. The van der Waals surface area contributed by atoms with Gasteiger partial charge in [-0.1, -0.05) is 25.2 Å². The highest BCUT2D eigenvalue weighted by molar-refractivity contribution is 7.15. The number of hydrogen-bond acceptors (Lipinski definition) is 6. The number of rotatable bonds is 8. The molecule has 1 aromatic heterocycles. The standard InChI is InChI=1S/C22H29N5O3S/c1-5-14(6-2)21-25-26-22(31-21)24-19(29)15-7-9-17(10-8-15)23-20(30)16-11-18(28)27(12-16)13(3)4/h7-10,13-14,16H,5-6,11-12H2,1-4H3,(H,23,30)(H,24,26,29). The number of hydrogen-bond donors (Lipinski definition) is 2. The molecule has 1 saturated heterocycles. The quantitative estimate of drug-likeness (QED) is 0.644. The third kappa shape index (κ3) is 5.46. The Morgan fingerprint density at radius 3 is 2.39 bits per heavy atom. The molecular formula is C22H29N5O3S. The number of aromatic nitrogens is 2. The first-order valence-corrected chi connectivity index (χ1v) is 11.5. The van der Waals surface area contributed by atoms with E-state index in [2.05, 4.69) is 34.7 Å². The molecule has 0 bridgehead atoms. The summed E-state index contributed by atoms with van der Waals surface area (Å²) in [4.78, 5) is 38.8. The van der Waals surface area contributed by atoms with E-state index < -0.39 is 0 Å². The minimum atomic E-state index is -0.362. The number of likely N-dealkylation sites (tertiary alicyclic amines) is 1. The zero-order valence-corrected chi connectivity index (χ0v) is 19.2. The molecule has 9 heteroatoms. The highest BCUT2D eigenvalue weighted by Gasteiger charge is 2.35. The lowest BCUT2D eigenvalue weighted by atomic mass is 10.1. The Morgan fingerprint density at radius 2 is 1.81 bits per heavy atom. The Morgan fingerprint density at radius 1 is 1.13 bits per heavy atom. The van der Waals surface area contributed by atoms with E-state index in [-0.39, 0.29) is 36.1 Å². The van der Waals surface area contributed by atoms with Crippen molar-refractivity contribution in [3.8, 4) is 0 Å². The largest absolute Gasteiger partial charge is 0.339 e. The molecule has 0 spiro atoms. The van der Waals surface area contributed by atoms with Crippen molar-refractivity contribution in [3.05, 3.63) is 34.8 Å². The number of nitrogens with one attached hydrogen (secondary N) is 2. The molecule has 31 heavy (non-hydrogen) atoms. The molecule has 1 fully saturated rings. The molecule has 1 aliphatic heterocycles. The van der Waals surface area contributed by atoms with Crippen LogP contribution >= 0.6 is 11.3 Å². The van der Waals surface area contributed by atoms with Gasteiger partial charge in [-0.15, -0.1) is 10.2 Å². The molecule has 1 unspecified atom stereocenters. The Labute approximate surface area is 186 Å². The van der Waals surface area contributed by atoms with E-state index in [1.807, 2.05) is 13.8 Å². The molecule has 0 radical (unpaired) electrons. The summed E-state index contributed by atoms with van der Waals surface area (Å²) in [5.41, 5.74) is 1.04. The van der Waals surface area contributed by atoms with Crippen molar-refractivity contribution in [1.82, 2.24) is 15.1 Å². The molecule has 2 N–H and O–H groups in total. The van der Waals surface area contributed by atoms with Crippen LogP contribution in [0.3, 0.4) is 0 Å².